The van der Waals surface area contributed by atoms with Gasteiger partial charge in [-0.3, -0.25) is 0 Å². The van der Waals surface area contributed by atoms with E-state index in [0.717, 1.165) is 9.05 Å². The fourth-order valence-electron chi connectivity index (χ4n) is 1.70. The predicted molar refractivity (Wildman–Crippen MR) is 104 cm³/mol. The Morgan fingerprint density at radius 1 is 1.18 bits per heavy atom. The average molecular weight is 438 g/mol. The lowest BCUT2D eigenvalue weighted by atomic mass is 9.85. The number of rotatable bonds is 6. The SMILES string of the molecule is BC(/C=C(\C=C)C(/C(C)=C/C=C(/S)C=C)C(F)(F)F)=C(/C)I. The molecule has 0 bridgehead atoms. The van der Waals surface area contributed by atoms with Gasteiger partial charge in [0.2, 0.25) is 0 Å². The molecular formula is C16H19BF3IS. The minimum absolute atomic E-state index is 0.127. The van der Waals surface area contributed by atoms with Crippen LogP contribution in [0, 0.1) is 5.92 Å². The molecule has 0 amide bonds. The molecule has 1 atom stereocenters. The zero-order valence-corrected chi connectivity index (χ0v) is 15.9. The summed E-state index contributed by atoms with van der Waals surface area (Å²) in [6.07, 6.45) is 2.78. The number of hydrogen-bond acceptors (Lipinski definition) is 1. The van der Waals surface area contributed by atoms with Gasteiger partial charge in [-0.15, -0.1) is 12.6 Å². The van der Waals surface area contributed by atoms with Crippen LogP contribution in [0.3, 0.4) is 0 Å². The highest BCUT2D eigenvalue weighted by atomic mass is 127. The Morgan fingerprint density at radius 3 is 2.09 bits per heavy atom. The fourth-order valence-corrected chi connectivity index (χ4v) is 1.93. The van der Waals surface area contributed by atoms with E-state index >= 15 is 0 Å². The number of thiol groups is 1. The molecule has 0 nitrogen and oxygen atoms in total. The Kier molecular flexibility index (Phi) is 9.23. The summed E-state index contributed by atoms with van der Waals surface area (Å²) in [7, 11) is 1.78. The van der Waals surface area contributed by atoms with E-state index in [1.54, 1.807) is 7.85 Å². The Labute approximate surface area is 150 Å². The quantitative estimate of drug-likeness (QED) is 0.240. The van der Waals surface area contributed by atoms with Crippen LogP contribution in [-0.4, -0.2) is 14.0 Å². The smallest absolute Gasteiger partial charge is 0.170 e. The number of halogens is 4. The van der Waals surface area contributed by atoms with Crippen LogP contribution >= 0.6 is 35.2 Å². The summed E-state index contributed by atoms with van der Waals surface area (Å²) < 4.78 is 41.3. The van der Waals surface area contributed by atoms with Crippen molar-refractivity contribution in [3.05, 3.63) is 68.6 Å². The molecule has 0 aliphatic rings. The maximum Gasteiger partial charge on any atom is 0.399 e. The van der Waals surface area contributed by atoms with Crippen LogP contribution in [0.4, 0.5) is 13.2 Å². The molecule has 120 valence electrons. The van der Waals surface area contributed by atoms with Crippen molar-refractivity contribution in [2.75, 3.05) is 0 Å². The van der Waals surface area contributed by atoms with Gasteiger partial charge in [0.1, 0.15) is 13.8 Å². The van der Waals surface area contributed by atoms with Crippen molar-refractivity contribution in [1.82, 2.24) is 0 Å². The van der Waals surface area contributed by atoms with Gasteiger partial charge >= 0.3 is 6.18 Å². The lowest BCUT2D eigenvalue weighted by molar-refractivity contribution is -0.153. The maximum atomic E-state index is 13.5. The zero-order valence-electron chi connectivity index (χ0n) is 12.8. The van der Waals surface area contributed by atoms with E-state index in [0.29, 0.717) is 4.91 Å². The molecule has 0 aliphatic carbocycles. The van der Waals surface area contributed by atoms with Crippen molar-refractivity contribution in [2.45, 2.75) is 20.0 Å². The van der Waals surface area contributed by atoms with E-state index in [-0.39, 0.29) is 11.1 Å². The lowest BCUT2D eigenvalue weighted by Crippen LogP contribution is -2.25. The first-order valence-electron chi connectivity index (χ1n) is 6.48. The normalized spacial score (nSPS) is 17.0. The summed E-state index contributed by atoms with van der Waals surface area (Å²) in [4.78, 5) is 0.503. The summed E-state index contributed by atoms with van der Waals surface area (Å²) in [6.45, 7) is 10.3. The highest BCUT2D eigenvalue weighted by Gasteiger charge is 2.42. The van der Waals surface area contributed by atoms with Crippen molar-refractivity contribution >= 4 is 43.1 Å². The average Bonchev–Trinajstić information content (AvgIpc) is 2.41. The van der Waals surface area contributed by atoms with Crippen LogP contribution in [0.2, 0.25) is 0 Å². The van der Waals surface area contributed by atoms with E-state index in [9.17, 15) is 13.2 Å². The standard InChI is InChI=1S/C16H19BF3IS/c1-5-12(9-14(17)11(4)21)15(16(18,19)20)10(3)7-8-13(22)6-2/h5-9,15,22H,1-2,17H2,3-4H3/b10-7+,12-9+,13-8+,14-11-. The van der Waals surface area contributed by atoms with Crippen molar-refractivity contribution in [2.24, 2.45) is 5.92 Å². The second-order valence-corrected chi connectivity index (χ2v) is 6.88. The van der Waals surface area contributed by atoms with Gasteiger partial charge in [0.05, 0.1) is 0 Å². The van der Waals surface area contributed by atoms with Gasteiger partial charge in [0.25, 0.3) is 0 Å². The number of hydrogen-bond donors (Lipinski definition) is 1. The Balaban J connectivity index is 5.99. The zero-order chi connectivity index (χ0) is 17.5. The monoisotopic (exact) mass is 438 g/mol. The molecule has 1 unspecified atom stereocenters. The lowest BCUT2D eigenvalue weighted by Gasteiger charge is -2.23. The second kappa shape index (κ2) is 9.50. The van der Waals surface area contributed by atoms with E-state index in [4.69, 9.17) is 0 Å². The van der Waals surface area contributed by atoms with Gasteiger partial charge in [-0.05, 0) is 29.1 Å². The van der Waals surface area contributed by atoms with Crippen molar-refractivity contribution in [3.63, 3.8) is 0 Å². The van der Waals surface area contributed by atoms with Crippen molar-refractivity contribution in [3.8, 4) is 0 Å². The molecule has 0 aliphatic heterocycles. The Bertz CT molecular complexity index is 550. The first-order chi connectivity index (χ1) is 10.0. The van der Waals surface area contributed by atoms with Crippen LogP contribution in [0.1, 0.15) is 13.8 Å². The molecule has 0 fully saturated rings. The molecule has 0 saturated heterocycles. The largest absolute Gasteiger partial charge is 0.399 e. The molecule has 0 aromatic rings. The van der Waals surface area contributed by atoms with E-state index in [2.05, 4.69) is 48.4 Å². The molecule has 0 saturated carbocycles. The maximum absolute atomic E-state index is 13.5. The molecule has 6 heteroatoms. The highest BCUT2D eigenvalue weighted by molar-refractivity contribution is 14.1. The van der Waals surface area contributed by atoms with Crippen LogP contribution in [0.5, 0.6) is 0 Å². The molecule has 0 rings (SSSR count). The predicted octanol–water partition coefficient (Wildman–Crippen LogP) is 5.52. The van der Waals surface area contributed by atoms with Crippen molar-refractivity contribution < 1.29 is 13.2 Å². The molecule has 0 N–H and O–H groups in total. The first kappa shape index (κ1) is 21.4. The fraction of sp³-hybridized carbons (Fsp3) is 0.250. The van der Waals surface area contributed by atoms with E-state index in [1.165, 1.54) is 37.3 Å². The Hall–Kier alpha value is -0.625. The third-order valence-corrected chi connectivity index (χ3v) is 4.19. The number of alkyl halides is 3. The van der Waals surface area contributed by atoms with Crippen LogP contribution in [0.25, 0.3) is 0 Å². The summed E-state index contributed by atoms with van der Waals surface area (Å²) in [6, 6.07) is 0. The van der Waals surface area contributed by atoms with Crippen LogP contribution < -0.4 is 0 Å². The van der Waals surface area contributed by atoms with Gasteiger partial charge < -0.3 is 0 Å². The summed E-state index contributed by atoms with van der Waals surface area (Å²) >= 11 is 6.16. The van der Waals surface area contributed by atoms with Crippen LogP contribution in [-0.2, 0) is 0 Å². The second-order valence-electron chi connectivity index (χ2n) is 4.75. The van der Waals surface area contributed by atoms with E-state index in [1.807, 2.05) is 6.92 Å². The third kappa shape index (κ3) is 7.09. The topological polar surface area (TPSA) is 0 Å². The highest BCUT2D eigenvalue weighted by Crippen LogP contribution is 2.38. The van der Waals surface area contributed by atoms with Crippen LogP contribution in [0.15, 0.2) is 68.6 Å². The molecule has 22 heavy (non-hydrogen) atoms. The molecule has 0 spiro atoms. The number of allylic oxidation sites excluding steroid dienone is 9. The van der Waals surface area contributed by atoms with E-state index < -0.39 is 12.1 Å². The summed E-state index contributed by atoms with van der Waals surface area (Å²) in [5, 5.41) is 0. The van der Waals surface area contributed by atoms with Gasteiger partial charge in [0.15, 0.2) is 0 Å². The van der Waals surface area contributed by atoms with Gasteiger partial charge in [-0.25, -0.2) is 0 Å². The van der Waals surface area contributed by atoms with Gasteiger partial charge in [-0.1, -0.05) is 71.1 Å². The van der Waals surface area contributed by atoms with Gasteiger partial charge in [0, 0.05) is 4.91 Å². The molecule has 0 heterocycles. The third-order valence-electron chi connectivity index (χ3n) is 3.00. The minimum atomic E-state index is -4.39. The van der Waals surface area contributed by atoms with Crippen molar-refractivity contribution in [1.29, 1.82) is 0 Å². The molecule has 0 aromatic heterocycles. The summed E-state index contributed by atoms with van der Waals surface area (Å²) in [5.41, 5.74) is 1.09. The van der Waals surface area contributed by atoms with Gasteiger partial charge in [-0.2, -0.15) is 13.2 Å². The molecule has 0 aromatic carbocycles. The summed E-state index contributed by atoms with van der Waals surface area (Å²) in [5.74, 6) is -1.70. The Morgan fingerprint density at radius 2 is 1.73 bits per heavy atom. The molecular weight excluding hydrogens is 419 g/mol. The molecule has 0 radical (unpaired) electrons. The minimum Gasteiger partial charge on any atom is -0.170 e. The first-order valence-corrected chi connectivity index (χ1v) is 8.00.